The molecule has 2 rings (SSSR count). The van der Waals surface area contributed by atoms with E-state index < -0.39 is 0 Å². The monoisotopic (exact) mass is 375 g/mol. The fraction of sp³-hybridized carbons (Fsp3) is 0.357. The molecule has 0 aliphatic rings. The van der Waals surface area contributed by atoms with Crippen LogP contribution in [0.3, 0.4) is 0 Å². The van der Waals surface area contributed by atoms with Crippen LogP contribution in [0.2, 0.25) is 10.0 Å². The summed E-state index contributed by atoms with van der Waals surface area (Å²) in [6.45, 7) is 1.02. The molecule has 0 aliphatic heterocycles. The van der Waals surface area contributed by atoms with E-state index in [0.29, 0.717) is 40.3 Å². The van der Waals surface area contributed by atoms with Crippen LogP contribution < -0.4 is 5.69 Å². The summed E-state index contributed by atoms with van der Waals surface area (Å²) in [5.74, 6) is 0.0273. The molecule has 0 atom stereocenters. The van der Waals surface area contributed by atoms with E-state index in [9.17, 15) is 9.59 Å². The molecule has 0 bridgehead atoms. The first-order chi connectivity index (χ1) is 11.0. The number of hydrogen-bond acceptors (Lipinski definition) is 5. The highest BCUT2D eigenvalue weighted by atomic mass is 35.5. The first-order valence-corrected chi connectivity index (χ1v) is 8.52. The minimum atomic E-state index is -0.300. The highest BCUT2D eigenvalue weighted by molar-refractivity contribution is 7.99. The van der Waals surface area contributed by atoms with Crippen molar-refractivity contribution in [2.24, 2.45) is 0 Å². The molecule has 9 heteroatoms. The molecule has 124 valence electrons. The Labute approximate surface area is 147 Å². The summed E-state index contributed by atoms with van der Waals surface area (Å²) >= 11 is 12.9. The summed E-state index contributed by atoms with van der Waals surface area (Å²) in [6, 6.07) is 4.73. The third-order valence-corrected chi connectivity index (χ3v) is 4.74. The van der Waals surface area contributed by atoms with Gasteiger partial charge in [0.2, 0.25) is 0 Å². The van der Waals surface area contributed by atoms with Crippen molar-refractivity contribution in [1.29, 1.82) is 0 Å². The van der Waals surface area contributed by atoms with Gasteiger partial charge in [-0.25, -0.2) is 9.89 Å². The SMILES string of the molecule is COCCCn1c(SCC(=O)c2ccc(Cl)c(Cl)c2)n[nH]c1=O. The summed E-state index contributed by atoms with van der Waals surface area (Å²) in [7, 11) is 1.60. The maximum atomic E-state index is 12.2. The first kappa shape index (κ1) is 18.1. The lowest BCUT2D eigenvalue weighted by Crippen LogP contribution is -2.18. The van der Waals surface area contributed by atoms with Gasteiger partial charge in [-0.3, -0.25) is 9.36 Å². The van der Waals surface area contributed by atoms with Gasteiger partial charge >= 0.3 is 5.69 Å². The Morgan fingerprint density at radius 2 is 2.17 bits per heavy atom. The highest BCUT2D eigenvalue weighted by Gasteiger charge is 2.13. The van der Waals surface area contributed by atoms with Crippen molar-refractivity contribution >= 4 is 40.7 Å². The van der Waals surface area contributed by atoms with Gasteiger partial charge in [-0.2, -0.15) is 0 Å². The van der Waals surface area contributed by atoms with Crippen molar-refractivity contribution in [2.75, 3.05) is 19.5 Å². The van der Waals surface area contributed by atoms with Gasteiger partial charge in [-0.05, 0) is 24.6 Å². The van der Waals surface area contributed by atoms with Gasteiger partial charge in [0.25, 0.3) is 0 Å². The quantitative estimate of drug-likeness (QED) is 0.436. The number of carbonyl (C=O) groups excluding carboxylic acids is 1. The number of hydrogen-bond donors (Lipinski definition) is 1. The van der Waals surface area contributed by atoms with Crippen LogP contribution in [-0.2, 0) is 11.3 Å². The van der Waals surface area contributed by atoms with Gasteiger partial charge in [0.05, 0.1) is 15.8 Å². The number of nitrogens with zero attached hydrogens (tertiary/aromatic N) is 2. The Kier molecular flexibility index (Phi) is 6.71. The molecule has 0 spiro atoms. The van der Waals surface area contributed by atoms with Crippen LogP contribution in [0.1, 0.15) is 16.8 Å². The number of ether oxygens (including phenoxy) is 1. The summed E-state index contributed by atoms with van der Waals surface area (Å²) in [6.07, 6.45) is 0.685. The number of aromatic amines is 1. The van der Waals surface area contributed by atoms with E-state index in [1.807, 2.05) is 0 Å². The number of ketones is 1. The Balaban J connectivity index is 2.01. The molecular weight excluding hydrogens is 361 g/mol. The van der Waals surface area contributed by atoms with Gasteiger partial charge in [0.1, 0.15) is 0 Å². The molecule has 0 aliphatic carbocycles. The number of carbonyl (C=O) groups is 1. The van der Waals surface area contributed by atoms with E-state index in [4.69, 9.17) is 27.9 Å². The standard InChI is InChI=1S/C14H15Cl2N3O3S/c1-22-6-2-5-19-13(21)17-18-14(19)23-8-12(20)9-3-4-10(15)11(16)7-9/h3-4,7H,2,5-6,8H2,1H3,(H,17,21). The fourth-order valence-electron chi connectivity index (χ4n) is 1.86. The van der Waals surface area contributed by atoms with Crippen LogP contribution in [0.15, 0.2) is 28.2 Å². The normalized spacial score (nSPS) is 10.9. The van der Waals surface area contributed by atoms with E-state index in [0.717, 1.165) is 0 Å². The summed E-state index contributed by atoms with van der Waals surface area (Å²) in [4.78, 5) is 23.9. The van der Waals surface area contributed by atoms with Crippen molar-refractivity contribution in [3.63, 3.8) is 0 Å². The number of methoxy groups -OCH3 is 1. The first-order valence-electron chi connectivity index (χ1n) is 6.78. The molecule has 0 saturated carbocycles. The zero-order valence-corrected chi connectivity index (χ0v) is 14.7. The summed E-state index contributed by atoms with van der Waals surface area (Å²) in [5.41, 5.74) is 0.168. The van der Waals surface area contributed by atoms with Crippen molar-refractivity contribution in [3.8, 4) is 0 Å². The van der Waals surface area contributed by atoms with E-state index in [1.54, 1.807) is 19.2 Å². The van der Waals surface area contributed by atoms with Gasteiger partial charge in [-0.1, -0.05) is 35.0 Å². The summed E-state index contributed by atoms with van der Waals surface area (Å²) in [5, 5.41) is 7.53. The minimum Gasteiger partial charge on any atom is -0.385 e. The van der Waals surface area contributed by atoms with E-state index in [-0.39, 0.29) is 17.2 Å². The van der Waals surface area contributed by atoms with Crippen molar-refractivity contribution in [2.45, 2.75) is 18.1 Å². The van der Waals surface area contributed by atoms with E-state index >= 15 is 0 Å². The number of aromatic nitrogens is 3. The number of thioether (sulfide) groups is 1. The Morgan fingerprint density at radius 3 is 2.87 bits per heavy atom. The predicted molar refractivity (Wildman–Crippen MR) is 90.9 cm³/mol. The molecule has 0 amide bonds. The lowest BCUT2D eigenvalue weighted by molar-refractivity contribution is 0.102. The predicted octanol–water partition coefficient (Wildman–Crippen LogP) is 2.89. The molecular formula is C14H15Cl2N3O3S. The third-order valence-electron chi connectivity index (χ3n) is 3.03. The van der Waals surface area contributed by atoms with E-state index in [1.165, 1.54) is 22.4 Å². The zero-order valence-electron chi connectivity index (χ0n) is 12.3. The molecule has 1 N–H and O–H groups in total. The summed E-state index contributed by atoms with van der Waals surface area (Å²) < 4.78 is 6.46. The maximum absolute atomic E-state index is 12.2. The van der Waals surface area contributed by atoms with Crippen LogP contribution in [0.25, 0.3) is 0 Å². The second-order valence-corrected chi connectivity index (χ2v) is 6.41. The topological polar surface area (TPSA) is 77.0 Å². The van der Waals surface area contributed by atoms with Crippen LogP contribution in [-0.4, -0.2) is 40.0 Å². The fourth-order valence-corrected chi connectivity index (χ4v) is 3.03. The van der Waals surface area contributed by atoms with Crippen LogP contribution in [0, 0.1) is 0 Å². The largest absolute Gasteiger partial charge is 0.385 e. The molecule has 1 aromatic carbocycles. The number of Topliss-reactive ketones (excluding diaryl/α,β-unsaturated/α-hetero) is 1. The average Bonchev–Trinajstić information content (AvgIpc) is 2.88. The van der Waals surface area contributed by atoms with Crippen molar-refractivity contribution in [3.05, 3.63) is 44.3 Å². The second kappa shape index (κ2) is 8.54. The third kappa shape index (κ3) is 4.84. The Morgan fingerprint density at radius 1 is 1.39 bits per heavy atom. The lowest BCUT2D eigenvalue weighted by Gasteiger charge is -2.05. The van der Waals surface area contributed by atoms with Gasteiger partial charge in [0.15, 0.2) is 10.9 Å². The molecule has 6 nitrogen and oxygen atoms in total. The molecule has 23 heavy (non-hydrogen) atoms. The van der Waals surface area contributed by atoms with Gasteiger partial charge in [0, 0.05) is 25.8 Å². The van der Waals surface area contributed by atoms with Crippen LogP contribution in [0.5, 0.6) is 0 Å². The van der Waals surface area contributed by atoms with E-state index in [2.05, 4.69) is 10.2 Å². The highest BCUT2D eigenvalue weighted by Crippen LogP contribution is 2.24. The smallest absolute Gasteiger partial charge is 0.343 e. The molecule has 1 aromatic heterocycles. The maximum Gasteiger partial charge on any atom is 0.343 e. The van der Waals surface area contributed by atoms with Crippen molar-refractivity contribution < 1.29 is 9.53 Å². The second-order valence-electron chi connectivity index (χ2n) is 4.65. The van der Waals surface area contributed by atoms with Gasteiger partial charge < -0.3 is 4.74 Å². The van der Waals surface area contributed by atoms with Crippen LogP contribution >= 0.6 is 35.0 Å². The number of benzene rings is 1. The molecule has 0 saturated heterocycles. The molecule has 0 radical (unpaired) electrons. The number of halogens is 2. The molecule has 1 heterocycles. The number of rotatable bonds is 8. The lowest BCUT2D eigenvalue weighted by atomic mass is 10.1. The minimum absolute atomic E-state index is 0.118. The van der Waals surface area contributed by atoms with Crippen LogP contribution in [0.4, 0.5) is 0 Å². The number of nitrogens with one attached hydrogen (secondary N) is 1. The number of H-pyrrole nitrogens is 1. The molecule has 0 unspecified atom stereocenters. The molecule has 2 aromatic rings. The van der Waals surface area contributed by atoms with Gasteiger partial charge in [-0.15, -0.1) is 5.10 Å². The van der Waals surface area contributed by atoms with Crippen molar-refractivity contribution in [1.82, 2.24) is 14.8 Å². The Bertz CT molecular complexity index is 745. The Hall–Kier alpha value is -1.28. The average molecular weight is 376 g/mol. The zero-order chi connectivity index (χ0) is 16.8. The molecule has 0 fully saturated rings.